The monoisotopic (exact) mass is 328 g/mol. The molecule has 6 heteroatoms. The number of hydrogen-bond acceptors (Lipinski definition) is 4. The molecule has 4 aliphatic rings. The largest absolute Gasteiger partial charge is 0.389 e. The summed E-state index contributed by atoms with van der Waals surface area (Å²) in [6.07, 6.45) is 8.23. The van der Waals surface area contributed by atoms with Gasteiger partial charge < -0.3 is 14.3 Å². The first kappa shape index (κ1) is 14.5. The molecular weight excluding hydrogens is 304 g/mol. The Hall–Kier alpha value is -1.85. The quantitative estimate of drug-likeness (QED) is 0.856. The first-order chi connectivity index (χ1) is 11.6. The molecule has 1 unspecified atom stereocenters. The Balaban J connectivity index is 1.20. The number of likely N-dealkylation sites (tertiary alicyclic amines) is 1. The van der Waals surface area contributed by atoms with E-state index in [4.69, 9.17) is 4.84 Å². The maximum atomic E-state index is 12.6. The molecule has 3 fully saturated rings. The van der Waals surface area contributed by atoms with Crippen LogP contribution in [0.15, 0.2) is 17.7 Å². The highest BCUT2D eigenvalue weighted by Gasteiger charge is 2.61. The molecule has 1 aromatic heterocycles. The van der Waals surface area contributed by atoms with Crippen molar-refractivity contribution in [2.75, 3.05) is 13.1 Å². The van der Waals surface area contributed by atoms with Crippen molar-refractivity contribution in [3.63, 3.8) is 0 Å². The van der Waals surface area contributed by atoms with Crippen molar-refractivity contribution >= 4 is 11.6 Å². The van der Waals surface area contributed by atoms with Gasteiger partial charge in [0.1, 0.15) is 11.3 Å². The molecular formula is C18H24N4O2. The lowest BCUT2D eigenvalue weighted by molar-refractivity contribution is -0.0755. The van der Waals surface area contributed by atoms with Crippen LogP contribution >= 0.6 is 0 Å². The van der Waals surface area contributed by atoms with Gasteiger partial charge in [-0.05, 0) is 44.9 Å². The van der Waals surface area contributed by atoms with Crippen LogP contribution in [0, 0.1) is 17.8 Å². The summed E-state index contributed by atoms with van der Waals surface area (Å²) in [5.41, 5.74) is 1.89. The molecule has 0 bridgehead atoms. The van der Waals surface area contributed by atoms with Gasteiger partial charge in [-0.2, -0.15) is 0 Å². The predicted molar refractivity (Wildman–Crippen MR) is 88.7 cm³/mol. The van der Waals surface area contributed by atoms with Crippen LogP contribution in [0.3, 0.4) is 0 Å². The fraction of sp³-hybridized carbons (Fsp3) is 0.722. The second-order valence-electron chi connectivity index (χ2n) is 8.25. The Morgan fingerprint density at radius 1 is 1.33 bits per heavy atom. The number of hydrogen-bond donors (Lipinski definition) is 0. The molecule has 1 amide bonds. The van der Waals surface area contributed by atoms with Gasteiger partial charge in [0.15, 0.2) is 0 Å². The highest BCUT2D eigenvalue weighted by molar-refractivity contribution is 5.94. The van der Waals surface area contributed by atoms with E-state index in [9.17, 15) is 4.79 Å². The molecule has 1 aromatic rings. The zero-order valence-corrected chi connectivity index (χ0v) is 14.3. The van der Waals surface area contributed by atoms with Gasteiger partial charge in [-0.1, -0.05) is 5.16 Å². The van der Waals surface area contributed by atoms with E-state index in [1.54, 1.807) is 6.33 Å². The smallest absolute Gasteiger partial charge is 0.274 e. The van der Waals surface area contributed by atoms with Gasteiger partial charge in [0, 0.05) is 37.7 Å². The van der Waals surface area contributed by atoms with Gasteiger partial charge in [0.05, 0.1) is 12.0 Å². The van der Waals surface area contributed by atoms with E-state index in [-0.39, 0.29) is 11.5 Å². The molecule has 2 aliphatic carbocycles. The Bertz CT molecular complexity index is 706. The molecule has 128 valence electrons. The minimum absolute atomic E-state index is 0.0609. The number of carbonyl (C=O) groups is 1. The summed E-state index contributed by atoms with van der Waals surface area (Å²) in [6.45, 7) is 5.86. The van der Waals surface area contributed by atoms with E-state index in [0.29, 0.717) is 29.5 Å². The number of aromatic nitrogens is 2. The molecule has 3 atom stereocenters. The van der Waals surface area contributed by atoms with Crippen molar-refractivity contribution in [3.8, 4) is 0 Å². The lowest BCUT2D eigenvalue weighted by Gasteiger charge is -2.34. The Morgan fingerprint density at radius 3 is 2.62 bits per heavy atom. The van der Waals surface area contributed by atoms with Crippen LogP contribution in [-0.4, -0.2) is 44.8 Å². The molecule has 5 rings (SSSR count). The minimum Gasteiger partial charge on any atom is -0.389 e. The summed E-state index contributed by atoms with van der Waals surface area (Å²) >= 11 is 0. The Labute approximate surface area is 141 Å². The molecule has 0 aromatic carbocycles. The molecule has 0 N–H and O–H groups in total. The first-order valence-corrected chi connectivity index (χ1v) is 9.14. The van der Waals surface area contributed by atoms with Crippen LogP contribution in [-0.2, 0) is 4.84 Å². The van der Waals surface area contributed by atoms with Crippen molar-refractivity contribution in [3.05, 3.63) is 18.2 Å². The minimum atomic E-state index is 0.0609. The van der Waals surface area contributed by atoms with E-state index < -0.39 is 0 Å². The number of nitrogens with zero attached hydrogens (tertiary/aromatic N) is 4. The fourth-order valence-corrected chi connectivity index (χ4v) is 4.65. The molecule has 1 saturated heterocycles. The SMILES string of the molecule is CC(C)n1cnc(C(=O)N2C[C@@H]3C(C4=NOC5(CCC5)C4)[C@@H]3C2)c1. The summed E-state index contributed by atoms with van der Waals surface area (Å²) in [4.78, 5) is 24.6. The van der Waals surface area contributed by atoms with Crippen molar-refractivity contribution in [2.45, 2.75) is 51.2 Å². The number of rotatable bonds is 3. The average molecular weight is 328 g/mol. The zero-order chi connectivity index (χ0) is 16.5. The second kappa shape index (κ2) is 4.83. The summed E-state index contributed by atoms with van der Waals surface area (Å²) < 4.78 is 1.98. The van der Waals surface area contributed by atoms with Crippen LogP contribution < -0.4 is 0 Å². The topological polar surface area (TPSA) is 59.7 Å². The van der Waals surface area contributed by atoms with Crippen molar-refractivity contribution in [1.29, 1.82) is 0 Å². The lowest BCUT2D eigenvalue weighted by Crippen LogP contribution is -2.37. The average Bonchev–Trinajstić information content (AvgIpc) is 3.06. The number of amides is 1. The summed E-state index contributed by atoms with van der Waals surface area (Å²) in [5.74, 6) is 1.79. The fourth-order valence-electron chi connectivity index (χ4n) is 4.65. The third kappa shape index (κ3) is 2.04. The second-order valence-corrected chi connectivity index (χ2v) is 8.25. The third-order valence-electron chi connectivity index (χ3n) is 6.41. The Morgan fingerprint density at radius 2 is 2.08 bits per heavy atom. The lowest BCUT2D eigenvalue weighted by atomic mass is 9.76. The zero-order valence-electron chi connectivity index (χ0n) is 14.3. The van der Waals surface area contributed by atoms with E-state index in [1.165, 1.54) is 12.1 Å². The van der Waals surface area contributed by atoms with Gasteiger partial charge in [-0.3, -0.25) is 4.79 Å². The van der Waals surface area contributed by atoms with Gasteiger partial charge in [0.2, 0.25) is 0 Å². The number of piperidine rings is 1. The third-order valence-corrected chi connectivity index (χ3v) is 6.41. The molecule has 2 aliphatic heterocycles. The number of carbonyl (C=O) groups excluding carboxylic acids is 1. The van der Waals surface area contributed by atoms with Gasteiger partial charge in [0.25, 0.3) is 5.91 Å². The highest BCUT2D eigenvalue weighted by atomic mass is 16.7. The molecule has 24 heavy (non-hydrogen) atoms. The van der Waals surface area contributed by atoms with E-state index >= 15 is 0 Å². The maximum Gasteiger partial charge on any atom is 0.274 e. The highest BCUT2D eigenvalue weighted by Crippen LogP contribution is 2.56. The molecule has 2 saturated carbocycles. The van der Waals surface area contributed by atoms with Crippen molar-refractivity contribution in [1.82, 2.24) is 14.5 Å². The van der Waals surface area contributed by atoms with Crippen LogP contribution in [0.25, 0.3) is 0 Å². The molecule has 1 spiro atoms. The van der Waals surface area contributed by atoms with E-state index in [2.05, 4.69) is 24.0 Å². The van der Waals surface area contributed by atoms with Crippen LogP contribution in [0.4, 0.5) is 0 Å². The van der Waals surface area contributed by atoms with Crippen LogP contribution in [0.2, 0.25) is 0 Å². The van der Waals surface area contributed by atoms with Crippen LogP contribution in [0.5, 0.6) is 0 Å². The number of imidazole rings is 1. The van der Waals surface area contributed by atoms with Gasteiger partial charge >= 0.3 is 0 Å². The van der Waals surface area contributed by atoms with E-state index in [1.807, 2.05) is 15.7 Å². The van der Waals surface area contributed by atoms with Crippen LogP contribution in [0.1, 0.15) is 56.1 Å². The number of oxime groups is 1. The van der Waals surface area contributed by atoms with Gasteiger partial charge in [-0.25, -0.2) is 4.98 Å². The Kier molecular flexibility index (Phi) is 2.92. The predicted octanol–water partition coefficient (Wildman–Crippen LogP) is 2.48. The van der Waals surface area contributed by atoms with E-state index in [0.717, 1.165) is 32.4 Å². The first-order valence-electron chi connectivity index (χ1n) is 9.14. The van der Waals surface area contributed by atoms with Crippen molar-refractivity contribution in [2.24, 2.45) is 22.9 Å². The van der Waals surface area contributed by atoms with Crippen molar-refractivity contribution < 1.29 is 9.63 Å². The standard InChI is InChI=1S/C18H24N4O2/c1-11(2)22-9-15(19-10-22)17(23)21-7-12-13(8-21)16(12)14-6-18(24-20-14)4-3-5-18/h9-13,16H,3-8H2,1-2H3/t12-,13+,16?. The molecule has 3 heterocycles. The normalized spacial score (nSPS) is 32.5. The molecule has 0 radical (unpaired) electrons. The number of fused-ring (bicyclic) bond motifs is 1. The summed E-state index contributed by atoms with van der Waals surface area (Å²) in [5, 5.41) is 4.40. The summed E-state index contributed by atoms with van der Waals surface area (Å²) in [6, 6.07) is 0.328. The van der Waals surface area contributed by atoms with Gasteiger partial charge in [-0.15, -0.1) is 0 Å². The summed E-state index contributed by atoms with van der Waals surface area (Å²) in [7, 11) is 0. The maximum absolute atomic E-state index is 12.6. The molecule has 6 nitrogen and oxygen atoms in total.